The summed E-state index contributed by atoms with van der Waals surface area (Å²) < 4.78 is 5.02. The number of amides is 4. The zero-order chi connectivity index (χ0) is 19.1. The summed E-state index contributed by atoms with van der Waals surface area (Å²) in [5.74, 6) is -1.71. The highest BCUT2D eigenvalue weighted by Gasteiger charge is 2.37. The molecule has 136 valence electrons. The molecule has 0 saturated carbocycles. The maximum atomic E-state index is 11.2. The van der Waals surface area contributed by atoms with E-state index in [1.165, 1.54) is 0 Å². The van der Waals surface area contributed by atoms with Gasteiger partial charge in [0.05, 0.1) is 0 Å². The van der Waals surface area contributed by atoms with Crippen molar-refractivity contribution in [1.29, 1.82) is 0 Å². The third-order valence-electron chi connectivity index (χ3n) is 3.46. The highest BCUT2D eigenvalue weighted by Crippen LogP contribution is 2.19. The van der Waals surface area contributed by atoms with Gasteiger partial charge < -0.3 is 4.74 Å². The van der Waals surface area contributed by atoms with Crippen LogP contribution < -0.4 is 10.1 Å². The van der Waals surface area contributed by atoms with Crippen LogP contribution in [0.3, 0.4) is 0 Å². The van der Waals surface area contributed by atoms with Crippen molar-refractivity contribution < 1.29 is 28.7 Å². The maximum Gasteiger partial charge on any atom is 0.311 e. The monoisotopic (exact) mass is 358 g/mol. The molecule has 1 aromatic rings. The van der Waals surface area contributed by atoms with Gasteiger partial charge in [0.1, 0.15) is 11.4 Å². The molecule has 0 bridgehead atoms. The van der Waals surface area contributed by atoms with E-state index >= 15 is 0 Å². The van der Waals surface area contributed by atoms with Crippen molar-refractivity contribution in [3.63, 3.8) is 0 Å². The Hall–Kier alpha value is -3.29. The van der Waals surface area contributed by atoms with Crippen LogP contribution in [0.2, 0.25) is 0 Å². The minimum atomic E-state index is -0.696. The number of hydrogen-bond donors (Lipinski definition) is 1. The lowest BCUT2D eigenvalue weighted by atomic mass is 10.3. The molecule has 0 spiro atoms. The molecule has 8 nitrogen and oxygen atoms in total. The number of ether oxygens (including phenoxy) is 1. The molecule has 0 aliphatic carbocycles. The minimum Gasteiger partial charge on any atom is -0.427 e. The average molecular weight is 358 g/mol. The predicted octanol–water partition coefficient (Wildman–Crippen LogP) is 1.07. The first-order valence-corrected chi connectivity index (χ1v) is 8.11. The Morgan fingerprint density at radius 1 is 1.08 bits per heavy atom. The van der Waals surface area contributed by atoms with Crippen molar-refractivity contribution in [3.8, 4) is 5.75 Å². The first-order chi connectivity index (χ1) is 12.4. The molecule has 1 fully saturated rings. The lowest BCUT2D eigenvalue weighted by molar-refractivity contribution is -0.139. The van der Waals surface area contributed by atoms with E-state index in [-0.39, 0.29) is 24.5 Å². The Kier molecular flexibility index (Phi) is 6.37. The van der Waals surface area contributed by atoms with Crippen LogP contribution in [0.25, 0.3) is 0 Å². The predicted molar refractivity (Wildman–Crippen MR) is 89.3 cm³/mol. The second-order valence-electron chi connectivity index (χ2n) is 5.51. The van der Waals surface area contributed by atoms with Gasteiger partial charge in [-0.1, -0.05) is 25.1 Å². The lowest BCUT2D eigenvalue weighted by Gasteiger charge is -2.11. The van der Waals surface area contributed by atoms with E-state index in [1.54, 1.807) is 12.1 Å². The van der Waals surface area contributed by atoms with Crippen LogP contribution in [0.5, 0.6) is 5.75 Å². The molecule has 3 rings (SSSR count). The van der Waals surface area contributed by atoms with E-state index in [1.807, 2.05) is 30.4 Å². The number of likely N-dealkylation sites (tertiary alicyclic amines) is 1. The van der Waals surface area contributed by atoms with Gasteiger partial charge in [-0.25, -0.2) is 4.90 Å². The zero-order valence-electron chi connectivity index (χ0n) is 14.2. The van der Waals surface area contributed by atoms with Gasteiger partial charge in [0.2, 0.25) is 11.8 Å². The van der Waals surface area contributed by atoms with E-state index < -0.39 is 23.6 Å². The van der Waals surface area contributed by atoms with Gasteiger partial charge in [0, 0.05) is 25.3 Å². The Labute approximate surface area is 149 Å². The summed E-state index contributed by atoms with van der Waals surface area (Å²) in [6, 6.07) is 9.11. The van der Waals surface area contributed by atoms with Crippen LogP contribution in [0, 0.1) is 0 Å². The van der Waals surface area contributed by atoms with Crippen molar-refractivity contribution in [2.75, 3.05) is 0 Å². The molecule has 0 radical (unpaired) electrons. The highest BCUT2D eigenvalue weighted by molar-refractivity contribution is 6.20. The quantitative estimate of drug-likeness (QED) is 0.490. The molecule has 2 heterocycles. The number of imide groups is 2. The second-order valence-corrected chi connectivity index (χ2v) is 5.51. The Morgan fingerprint density at radius 3 is 2.19 bits per heavy atom. The molecule has 26 heavy (non-hydrogen) atoms. The third-order valence-corrected chi connectivity index (χ3v) is 3.46. The van der Waals surface area contributed by atoms with Crippen molar-refractivity contribution in [3.05, 3.63) is 42.1 Å². The van der Waals surface area contributed by atoms with Crippen LogP contribution in [0.4, 0.5) is 0 Å². The molecule has 1 saturated heterocycles. The largest absolute Gasteiger partial charge is 0.427 e. The van der Waals surface area contributed by atoms with E-state index in [2.05, 4.69) is 0 Å². The number of esters is 1. The molecule has 0 unspecified atom stereocenters. The van der Waals surface area contributed by atoms with Gasteiger partial charge >= 0.3 is 5.97 Å². The summed E-state index contributed by atoms with van der Waals surface area (Å²) in [6.45, 7) is 1.95. The van der Waals surface area contributed by atoms with Crippen LogP contribution >= 0.6 is 0 Å². The molecule has 0 aromatic heterocycles. The van der Waals surface area contributed by atoms with E-state index in [0.717, 1.165) is 17.4 Å². The molecular weight excluding hydrogens is 340 g/mol. The van der Waals surface area contributed by atoms with E-state index in [0.29, 0.717) is 12.2 Å². The summed E-state index contributed by atoms with van der Waals surface area (Å²) in [5, 5.41) is 1.97. The summed E-state index contributed by atoms with van der Waals surface area (Å²) in [7, 11) is 0. The molecule has 0 atom stereocenters. The Balaban J connectivity index is 0.000000190. The number of nitrogens with zero attached hydrogens (tertiary/aromatic N) is 1. The summed E-state index contributed by atoms with van der Waals surface area (Å²) in [4.78, 5) is 56.0. The van der Waals surface area contributed by atoms with Crippen molar-refractivity contribution in [2.24, 2.45) is 0 Å². The van der Waals surface area contributed by atoms with Crippen LogP contribution in [-0.4, -0.2) is 34.5 Å². The van der Waals surface area contributed by atoms with Gasteiger partial charge in [-0.05, 0) is 18.6 Å². The normalized spacial score (nSPS) is 16.0. The number of rotatable bonds is 4. The van der Waals surface area contributed by atoms with Crippen molar-refractivity contribution in [1.82, 2.24) is 10.2 Å². The molecule has 8 heteroatoms. The number of carbonyl (C=O) groups is 5. The Bertz CT molecular complexity index is 753. The number of hydrogen-bond acceptors (Lipinski definition) is 6. The third kappa shape index (κ3) is 4.85. The molecule has 1 N–H and O–H groups in total. The lowest BCUT2D eigenvalue weighted by Crippen LogP contribution is -2.34. The van der Waals surface area contributed by atoms with Gasteiger partial charge in [0.15, 0.2) is 0 Å². The number of benzene rings is 1. The van der Waals surface area contributed by atoms with Crippen LogP contribution in [0.1, 0.15) is 32.6 Å². The molecular formula is C18H18N2O6. The van der Waals surface area contributed by atoms with Gasteiger partial charge in [0.25, 0.3) is 11.8 Å². The zero-order valence-corrected chi connectivity index (χ0v) is 14.2. The molecule has 2 aliphatic heterocycles. The molecule has 1 aromatic carbocycles. The van der Waals surface area contributed by atoms with Crippen molar-refractivity contribution in [2.45, 2.75) is 32.6 Å². The van der Waals surface area contributed by atoms with Crippen molar-refractivity contribution >= 4 is 29.6 Å². The summed E-state index contributed by atoms with van der Waals surface area (Å²) in [6.07, 6.45) is 2.46. The fraction of sp³-hybridized carbons (Fsp3) is 0.278. The van der Waals surface area contributed by atoms with E-state index in [4.69, 9.17) is 4.74 Å². The number of para-hydroxylation sites is 1. The van der Waals surface area contributed by atoms with Gasteiger partial charge in [-0.3, -0.25) is 29.3 Å². The maximum absolute atomic E-state index is 11.2. The molecule has 2 aliphatic rings. The van der Waals surface area contributed by atoms with Crippen LogP contribution in [-0.2, 0) is 24.0 Å². The fourth-order valence-corrected chi connectivity index (χ4v) is 2.29. The van der Waals surface area contributed by atoms with E-state index in [9.17, 15) is 24.0 Å². The number of nitrogens with one attached hydrogen (secondary N) is 1. The SMILES string of the molecule is CCCC(=O)Oc1ccccc1.O=C1C=C(N2C(=O)CCC2=O)C(=O)N1. The van der Waals surface area contributed by atoms with Gasteiger partial charge in [-0.15, -0.1) is 0 Å². The summed E-state index contributed by atoms with van der Waals surface area (Å²) >= 11 is 0. The number of carbonyl (C=O) groups excluding carboxylic acids is 5. The standard InChI is InChI=1S/C10H12O2.C8H6N2O4/c1-2-6-10(11)12-9-7-4-3-5-8-9;11-5-3-4(8(14)9-5)10-6(12)1-2-7(10)13/h3-5,7-8H,2,6H2,1H3;3H,1-2H2,(H,9,11,14). The highest BCUT2D eigenvalue weighted by atomic mass is 16.5. The smallest absolute Gasteiger partial charge is 0.311 e. The van der Waals surface area contributed by atoms with Crippen LogP contribution in [0.15, 0.2) is 42.1 Å². The molecule has 4 amide bonds. The Morgan fingerprint density at radius 2 is 1.69 bits per heavy atom. The summed E-state index contributed by atoms with van der Waals surface area (Å²) in [5.41, 5.74) is -0.164. The topological polar surface area (TPSA) is 110 Å². The first kappa shape index (κ1) is 19.0. The average Bonchev–Trinajstić information content (AvgIpc) is 3.10. The second kappa shape index (κ2) is 8.70. The first-order valence-electron chi connectivity index (χ1n) is 8.11. The fourth-order valence-electron chi connectivity index (χ4n) is 2.29. The minimum absolute atomic E-state index is 0.0949. The van der Waals surface area contributed by atoms with Gasteiger partial charge in [-0.2, -0.15) is 0 Å².